The Morgan fingerprint density at radius 2 is 2.20 bits per heavy atom. The maximum Gasteiger partial charge on any atom is 0.387 e. The van der Waals surface area contributed by atoms with Gasteiger partial charge in [-0.3, -0.25) is 4.79 Å². The molecule has 1 atom stereocenters. The van der Waals surface area contributed by atoms with E-state index in [9.17, 15) is 18.4 Å². The molecule has 0 spiro atoms. The van der Waals surface area contributed by atoms with Gasteiger partial charge in [0, 0.05) is 20.1 Å². The Labute approximate surface area is 117 Å². The third-order valence-corrected chi connectivity index (χ3v) is 3.16. The minimum Gasteiger partial charge on any atom is -0.480 e. The lowest BCUT2D eigenvalue weighted by Gasteiger charge is -2.14. The van der Waals surface area contributed by atoms with Crippen molar-refractivity contribution in [3.63, 3.8) is 0 Å². The predicted molar refractivity (Wildman–Crippen MR) is 66.3 cm³/mol. The number of halogens is 2. The fourth-order valence-corrected chi connectivity index (χ4v) is 2.09. The Kier molecular flexibility index (Phi) is 6.32. The Morgan fingerprint density at radius 3 is 2.75 bits per heavy atom. The Morgan fingerprint density at radius 1 is 1.50 bits per heavy atom. The van der Waals surface area contributed by atoms with Crippen molar-refractivity contribution in [2.45, 2.75) is 19.1 Å². The van der Waals surface area contributed by atoms with Crippen LogP contribution in [-0.4, -0.2) is 43.4 Å². The average Bonchev–Trinajstić information content (AvgIpc) is 2.81. The van der Waals surface area contributed by atoms with Crippen molar-refractivity contribution in [1.82, 2.24) is 5.32 Å². The second kappa shape index (κ2) is 7.75. The van der Waals surface area contributed by atoms with E-state index in [1.807, 2.05) is 0 Å². The first-order valence-electron chi connectivity index (χ1n) is 5.50. The molecule has 20 heavy (non-hydrogen) atoms. The highest BCUT2D eigenvalue weighted by molar-refractivity contribution is 7.12. The first kappa shape index (κ1) is 16.3. The van der Waals surface area contributed by atoms with E-state index in [0.29, 0.717) is 0 Å². The second-order valence-corrected chi connectivity index (χ2v) is 4.55. The predicted octanol–water partition coefficient (Wildman–Crippen LogP) is 1.57. The number of rotatable bonds is 8. The Hall–Kier alpha value is -1.74. The number of carboxylic acid groups (broad SMARTS) is 1. The lowest BCUT2D eigenvalue weighted by molar-refractivity contribution is -0.139. The zero-order valence-electron chi connectivity index (χ0n) is 10.5. The summed E-state index contributed by atoms with van der Waals surface area (Å²) in [5.41, 5.74) is 0. The van der Waals surface area contributed by atoms with Gasteiger partial charge in [0.05, 0.1) is 0 Å². The lowest BCUT2D eigenvalue weighted by Crippen LogP contribution is -2.41. The van der Waals surface area contributed by atoms with E-state index in [1.165, 1.54) is 18.6 Å². The van der Waals surface area contributed by atoms with Gasteiger partial charge in [-0.15, -0.1) is 11.3 Å². The van der Waals surface area contributed by atoms with Crippen LogP contribution in [0.3, 0.4) is 0 Å². The van der Waals surface area contributed by atoms with Gasteiger partial charge in [0.1, 0.15) is 16.7 Å². The number of thiophene rings is 1. The minimum absolute atomic E-state index is 0.0635. The minimum atomic E-state index is -3.06. The maximum absolute atomic E-state index is 12.1. The molecule has 1 aromatic rings. The molecule has 2 N–H and O–H groups in total. The molecule has 0 aliphatic heterocycles. The second-order valence-electron chi connectivity index (χ2n) is 3.64. The summed E-state index contributed by atoms with van der Waals surface area (Å²) < 4.78 is 33.2. The summed E-state index contributed by atoms with van der Waals surface area (Å²) in [6.07, 6.45) is 0.0635. The number of alkyl halides is 2. The van der Waals surface area contributed by atoms with Crippen molar-refractivity contribution in [2.24, 2.45) is 0 Å². The summed E-state index contributed by atoms with van der Waals surface area (Å²) in [4.78, 5) is 22.7. The lowest BCUT2D eigenvalue weighted by atomic mass is 10.2. The molecule has 0 aliphatic rings. The standard InChI is InChI=1S/C11H13F2NO5S/c1-18-4-2-6(10(16)17)14-9(15)8-7(3-5-20-8)19-11(12)13/h3,5-6,11H,2,4H2,1H3,(H,14,15)(H,16,17). The van der Waals surface area contributed by atoms with E-state index >= 15 is 0 Å². The molecule has 1 amide bonds. The highest BCUT2D eigenvalue weighted by Crippen LogP contribution is 2.26. The van der Waals surface area contributed by atoms with Gasteiger partial charge in [0.15, 0.2) is 0 Å². The monoisotopic (exact) mass is 309 g/mol. The van der Waals surface area contributed by atoms with Crippen LogP contribution in [0.25, 0.3) is 0 Å². The van der Waals surface area contributed by atoms with Crippen LogP contribution >= 0.6 is 11.3 Å². The summed E-state index contributed by atoms with van der Waals surface area (Å²) in [7, 11) is 1.40. The quantitative estimate of drug-likeness (QED) is 0.761. The first-order valence-corrected chi connectivity index (χ1v) is 6.38. The molecular weight excluding hydrogens is 296 g/mol. The molecule has 0 radical (unpaired) electrons. The molecule has 112 valence electrons. The van der Waals surface area contributed by atoms with Crippen LogP contribution in [0, 0.1) is 0 Å². The third-order valence-electron chi connectivity index (χ3n) is 2.27. The van der Waals surface area contributed by atoms with E-state index in [-0.39, 0.29) is 23.7 Å². The van der Waals surface area contributed by atoms with Crippen LogP contribution in [0.15, 0.2) is 11.4 Å². The molecule has 9 heteroatoms. The molecule has 0 saturated heterocycles. The summed E-state index contributed by atoms with van der Waals surface area (Å²) in [6.45, 7) is -2.91. The number of ether oxygens (including phenoxy) is 2. The van der Waals surface area contributed by atoms with E-state index < -0.39 is 24.5 Å². The van der Waals surface area contributed by atoms with Crippen molar-refractivity contribution in [2.75, 3.05) is 13.7 Å². The number of hydrogen-bond donors (Lipinski definition) is 2. The SMILES string of the molecule is COCCC(NC(=O)c1sccc1OC(F)F)C(=O)O. The van der Waals surface area contributed by atoms with Crippen LogP contribution in [0.4, 0.5) is 8.78 Å². The van der Waals surface area contributed by atoms with Crippen LogP contribution < -0.4 is 10.1 Å². The number of aliphatic carboxylic acids is 1. The zero-order chi connectivity index (χ0) is 15.1. The number of amides is 1. The molecule has 1 heterocycles. The van der Waals surface area contributed by atoms with Crippen LogP contribution in [-0.2, 0) is 9.53 Å². The molecule has 0 fully saturated rings. The Bertz CT molecular complexity index is 465. The van der Waals surface area contributed by atoms with Crippen LogP contribution in [0.5, 0.6) is 5.75 Å². The van der Waals surface area contributed by atoms with Crippen LogP contribution in [0.1, 0.15) is 16.1 Å². The zero-order valence-corrected chi connectivity index (χ0v) is 11.3. The Balaban J connectivity index is 2.73. The van der Waals surface area contributed by atoms with Gasteiger partial charge in [-0.1, -0.05) is 0 Å². The van der Waals surface area contributed by atoms with Crippen molar-refractivity contribution < 1.29 is 33.0 Å². The first-order chi connectivity index (χ1) is 9.45. The number of carbonyl (C=O) groups excluding carboxylic acids is 1. The number of methoxy groups -OCH3 is 1. The van der Waals surface area contributed by atoms with Crippen molar-refractivity contribution in [3.05, 3.63) is 16.3 Å². The number of carbonyl (C=O) groups is 2. The van der Waals surface area contributed by atoms with E-state index in [1.54, 1.807) is 0 Å². The fraction of sp³-hybridized carbons (Fsp3) is 0.455. The maximum atomic E-state index is 12.1. The van der Waals surface area contributed by atoms with Gasteiger partial charge in [-0.2, -0.15) is 8.78 Å². The third kappa shape index (κ3) is 4.74. The van der Waals surface area contributed by atoms with Gasteiger partial charge in [0.25, 0.3) is 5.91 Å². The molecule has 6 nitrogen and oxygen atoms in total. The van der Waals surface area contributed by atoms with Crippen molar-refractivity contribution in [1.29, 1.82) is 0 Å². The van der Waals surface area contributed by atoms with E-state index in [2.05, 4.69) is 10.1 Å². The molecule has 0 saturated carbocycles. The number of hydrogen-bond acceptors (Lipinski definition) is 5. The molecule has 0 aromatic carbocycles. The number of nitrogens with one attached hydrogen (secondary N) is 1. The highest BCUT2D eigenvalue weighted by atomic mass is 32.1. The normalized spacial score (nSPS) is 12.2. The topological polar surface area (TPSA) is 84.9 Å². The fourth-order valence-electron chi connectivity index (χ4n) is 1.37. The summed E-state index contributed by atoms with van der Waals surface area (Å²) in [6, 6.07) is 0.0559. The van der Waals surface area contributed by atoms with E-state index in [0.717, 1.165) is 11.3 Å². The molecule has 1 unspecified atom stereocenters. The summed E-state index contributed by atoms with van der Waals surface area (Å²) in [5, 5.41) is 12.6. The largest absolute Gasteiger partial charge is 0.480 e. The van der Waals surface area contributed by atoms with Gasteiger partial charge >= 0.3 is 12.6 Å². The molecule has 0 bridgehead atoms. The smallest absolute Gasteiger partial charge is 0.387 e. The number of carboxylic acids is 1. The molecular formula is C11H13F2NO5S. The van der Waals surface area contributed by atoms with Crippen LogP contribution in [0.2, 0.25) is 0 Å². The summed E-state index contributed by atoms with van der Waals surface area (Å²) in [5.74, 6) is -2.29. The molecule has 0 aliphatic carbocycles. The van der Waals surface area contributed by atoms with Gasteiger partial charge in [0.2, 0.25) is 0 Å². The highest BCUT2D eigenvalue weighted by Gasteiger charge is 2.24. The summed E-state index contributed by atoms with van der Waals surface area (Å²) >= 11 is 0.883. The molecule has 1 aromatic heterocycles. The van der Waals surface area contributed by atoms with Gasteiger partial charge < -0.3 is 19.9 Å². The van der Waals surface area contributed by atoms with Crippen molar-refractivity contribution >= 4 is 23.2 Å². The van der Waals surface area contributed by atoms with Crippen molar-refractivity contribution in [3.8, 4) is 5.75 Å². The molecule has 1 rings (SSSR count). The van der Waals surface area contributed by atoms with Gasteiger partial charge in [-0.05, 0) is 11.4 Å². The average molecular weight is 309 g/mol. The van der Waals surface area contributed by atoms with E-state index in [4.69, 9.17) is 9.84 Å². The van der Waals surface area contributed by atoms with Gasteiger partial charge in [-0.25, -0.2) is 4.79 Å².